The summed E-state index contributed by atoms with van der Waals surface area (Å²) in [6.07, 6.45) is 0.0748. The Bertz CT molecular complexity index is 629. The van der Waals surface area contributed by atoms with Crippen molar-refractivity contribution in [3.8, 4) is 17.2 Å². The second kappa shape index (κ2) is 6.32. The minimum absolute atomic E-state index is 0.122. The third-order valence-electron chi connectivity index (χ3n) is 3.16. The molecule has 0 bridgehead atoms. The first kappa shape index (κ1) is 14.9. The van der Waals surface area contributed by atoms with E-state index >= 15 is 0 Å². The van der Waals surface area contributed by atoms with Gasteiger partial charge in [0.05, 0.1) is 27.4 Å². The van der Waals surface area contributed by atoms with Gasteiger partial charge in [-0.15, -0.1) is 0 Å². The molecule has 0 amide bonds. The van der Waals surface area contributed by atoms with Crippen LogP contribution in [-0.2, 0) is 0 Å². The summed E-state index contributed by atoms with van der Waals surface area (Å²) in [5.74, 6) is 1.16. The van der Waals surface area contributed by atoms with Crippen LogP contribution in [-0.4, -0.2) is 26.4 Å². The van der Waals surface area contributed by atoms with Crippen LogP contribution in [0.1, 0.15) is 17.4 Å². The first-order valence-corrected chi connectivity index (χ1v) is 6.28. The molecule has 0 aliphatic carbocycles. The van der Waals surface area contributed by atoms with Gasteiger partial charge in [-0.05, 0) is 6.07 Å². The van der Waals surface area contributed by atoms with E-state index in [9.17, 15) is 10.3 Å². The fourth-order valence-corrected chi connectivity index (χ4v) is 2.08. The average molecular weight is 291 g/mol. The first-order chi connectivity index (χ1) is 10.1. The van der Waals surface area contributed by atoms with Crippen LogP contribution in [0.25, 0.3) is 0 Å². The Morgan fingerprint density at radius 2 is 1.62 bits per heavy atom. The summed E-state index contributed by atoms with van der Waals surface area (Å²) < 4.78 is 16.0. The summed E-state index contributed by atoms with van der Waals surface area (Å²) in [5, 5.41) is 22.5. The SMILES string of the molecule is COc1cc(C(O)c2ccccc2OC)[n+]([O-])cc1OC. The van der Waals surface area contributed by atoms with Crippen molar-refractivity contribution in [1.82, 2.24) is 0 Å². The Balaban J connectivity index is 2.50. The minimum Gasteiger partial charge on any atom is -0.618 e. The van der Waals surface area contributed by atoms with Crippen molar-refractivity contribution < 1.29 is 24.0 Å². The van der Waals surface area contributed by atoms with Gasteiger partial charge in [-0.1, -0.05) is 18.2 Å². The van der Waals surface area contributed by atoms with Crippen molar-refractivity contribution in [1.29, 1.82) is 0 Å². The van der Waals surface area contributed by atoms with E-state index in [2.05, 4.69) is 0 Å². The van der Waals surface area contributed by atoms with Crippen LogP contribution in [0, 0.1) is 5.21 Å². The lowest BCUT2D eigenvalue weighted by Crippen LogP contribution is -2.33. The normalized spacial score (nSPS) is 11.8. The third kappa shape index (κ3) is 2.85. The molecule has 112 valence electrons. The molecule has 6 nitrogen and oxygen atoms in total. The lowest BCUT2D eigenvalue weighted by atomic mass is 10.0. The zero-order valence-corrected chi connectivity index (χ0v) is 12.1. The summed E-state index contributed by atoms with van der Waals surface area (Å²) in [6, 6.07) is 8.41. The van der Waals surface area contributed by atoms with E-state index in [-0.39, 0.29) is 5.69 Å². The fraction of sp³-hybridized carbons (Fsp3) is 0.267. The van der Waals surface area contributed by atoms with Crippen LogP contribution in [0.15, 0.2) is 36.5 Å². The van der Waals surface area contributed by atoms with Gasteiger partial charge in [0.2, 0.25) is 17.6 Å². The molecule has 2 aromatic rings. The number of hydrogen-bond acceptors (Lipinski definition) is 5. The summed E-state index contributed by atoms with van der Waals surface area (Å²) in [5.41, 5.74) is 0.619. The van der Waals surface area contributed by atoms with Crippen LogP contribution in [0.3, 0.4) is 0 Å². The fourth-order valence-electron chi connectivity index (χ4n) is 2.08. The molecule has 0 aliphatic heterocycles. The molecule has 21 heavy (non-hydrogen) atoms. The van der Waals surface area contributed by atoms with Crippen molar-refractivity contribution in [3.63, 3.8) is 0 Å². The predicted octanol–water partition coefficient (Wildman–Crippen LogP) is 1.43. The van der Waals surface area contributed by atoms with Crippen molar-refractivity contribution in [2.45, 2.75) is 6.10 Å². The number of ether oxygens (including phenoxy) is 3. The van der Waals surface area contributed by atoms with E-state index in [1.807, 2.05) is 0 Å². The van der Waals surface area contributed by atoms with Crippen molar-refractivity contribution in [2.75, 3.05) is 21.3 Å². The lowest BCUT2D eigenvalue weighted by molar-refractivity contribution is -0.618. The molecule has 6 heteroatoms. The van der Waals surface area contributed by atoms with E-state index in [1.165, 1.54) is 33.6 Å². The van der Waals surface area contributed by atoms with Gasteiger partial charge in [-0.3, -0.25) is 0 Å². The van der Waals surface area contributed by atoms with E-state index in [0.29, 0.717) is 27.5 Å². The van der Waals surface area contributed by atoms with E-state index in [4.69, 9.17) is 14.2 Å². The van der Waals surface area contributed by atoms with Crippen LogP contribution >= 0.6 is 0 Å². The summed E-state index contributed by atoms with van der Waals surface area (Å²) in [4.78, 5) is 0. The largest absolute Gasteiger partial charge is 0.618 e. The molecular weight excluding hydrogens is 274 g/mol. The molecular formula is C15H17NO5. The molecule has 1 aromatic carbocycles. The molecule has 1 unspecified atom stereocenters. The zero-order valence-electron chi connectivity index (χ0n) is 12.1. The second-order valence-corrected chi connectivity index (χ2v) is 4.31. The number of para-hydroxylation sites is 1. The monoisotopic (exact) mass is 291 g/mol. The molecule has 1 aromatic heterocycles. The van der Waals surface area contributed by atoms with E-state index in [0.717, 1.165) is 0 Å². The standard InChI is InChI=1S/C15H17NO5/c1-19-12-7-5-4-6-10(12)15(17)11-8-13(20-2)14(21-3)9-16(11)18/h4-9,15,17H,1-3H3. The highest BCUT2D eigenvalue weighted by Gasteiger charge is 2.25. The molecule has 0 aliphatic rings. The van der Waals surface area contributed by atoms with E-state index < -0.39 is 6.10 Å². The maximum absolute atomic E-state index is 12.1. The number of rotatable bonds is 5. The third-order valence-corrected chi connectivity index (χ3v) is 3.16. The van der Waals surface area contributed by atoms with Crippen molar-refractivity contribution >= 4 is 0 Å². The smallest absolute Gasteiger partial charge is 0.230 e. The van der Waals surface area contributed by atoms with Gasteiger partial charge in [0, 0.05) is 5.56 Å². The number of benzene rings is 1. The van der Waals surface area contributed by atoms with Crippen LogP contribution in [0.5, 0.6) is 17.2 Å². The second-order valence-electron chi connectivity index (χ2n) is 4.31. The minimum atomic E-state index is -1.14. The Morgan fingerprint density at radius 1 is 1.00 bits per heavy atom. The average Bonchev–Trinajstić information content (AvgIpc) is 2.53. The van der Waals surface area contributed by atoms with Gasteiger partial charge in [0.25, 0.3) is 0 Å². The van der Waals surface area contributed by atoms with Crippen LogP contribution in [0.2, 0.25) is 0 Å². The molecule has 0 radical (unpaired) electrons. The Hall–Kier alpha value is -2.47. The van der Waals surface area contributed by atoms with Gasteiger partial charge >= 0.3 is 0 Å². The highest BCUT2D eigenvalue weighted by molar-refractivity contribution is 5.42. The number of aliphatic hydroxyl groups excluding tert-OH is 1. The number of aromatic nitrogens is 1. The van der Waals surface area contributed by atoms with Gasteiger partial charge in [0.1, 0.15) is 5.75 Å². The maximum Gasteiger partial charge on any atom is 0.230 e. The first-order valence-electron chi connectivity index (χ1n) is 6.28. The van der Waals surface area contributed by atoms with Crippen molar-refractivity contribution in [2.24, 2.45) is 0 Å². The summed E-state index contributed by atoms with van der Waals surface area (Å²) in [6.45, 7) is 0. The van der Waals surface area contributed by atoms with Crippen molar-refractivity contribution in [3.05, 3.63) is 53.0 Å². The van der Waals surface area contributed by atoms with Crippen LogP contribution < -0.4 is 18.9 Å². The highest BCUT2D eigenvalue weighted by atomic mass is 16.5. The number of pyridine rings is 1. The molecule has 2 rings (SSSR count). The Kier molecular flexibility index (Phi) is 4.49. The number of aliphatic hydroxyl groups is 1. The molecule has 1 N–H and O–H groups in total. The molecule has 1 atom stereocenters. The predicted molar refractivity (Wildman–Crippen MR) is 75.6 cm³/mol. The zero-order chi connectivity index (χ0) is 15.4. The molecule has 0 saturated carbocycles. The highest BCUT2D eigenvalue weighted by Crippen LogP contribution is 2.32. The van der Waals surface area contributed by atoms with Gasteiger partial charge < -0.3 is 24.5 Å². The molecule has 0 spiro atoms. The van der Waals surface area contributed by atoms with Crippen LogP contribution in [0.4, 0.5) is 0 Å². The van der Waals surface area contributed by atoms with E-state index in [1.54, 1.807) is 24.3 Å². The number of methoxy groups -OCH3 is 3. The Morgan fingerprint density at radius 3 is 2.24 bits per heavy atom. The number of nitrogens with zero attached hydrogens (tertiary/aromatic N) is 1. The lowest BCUT2D eigenvalue weighted by Gasteiger charge is -2.16. The van der Waals surface area contributed by atoms with Gasteiger partial charge in [0.15, 0.2) is 11.9 Å². The quantitative estimate of drug-likeness (QED) is 0.666. The van der Waals surface area contributed by atoms with Gasteiger partial charge in [-0.2, -0.15) is 4.73 Å². The van der Waals surface area contributed by atoms with Gasteiger partial charge in [-0.25, -0.2) is 0 Å². The summed E-state index contributed by atoms with van der Waals surface area (Å²) in [7, 11) is 4.41. The summed E-state index contributed by atoms with van der Waals surface area (Å²) >= 11 is 0. The molecule has 1 heterocycles. The Labute approximate surface area is 122 Å². The molecule has 0 saturated heterocycles. The number of hydrogen-bond donors (Lipinski definition) is 1. The molecule has 0 fully saturated rings. The topological polar surface area (TPSA) is 74.9 Å². The maximum atomic E-state index is 12.1.